The zero-order valence-electron chi connectivity index (χ0n) is 10.7. The molecule has 0 fully saturated rings. The van der Waals surface area contributed by atoms with Gasteiger partial charge in [0, 0.05) is 11.3 Å². The summed E-state index contributed by atoms with van der Waals surface area (Å²) in [4.78, 5) is 8.72. The second kappa shape index (κ2) is 5.00. The SMILES string of the molecule is CC(C)(CO)Nc1ncnc2c1CCCCC2. The minimum Gasteiger partial charge on any atom is -0.394 e. The minimum absolute atomic E-state index is 0.0891. The van der Waals surface area contributed by atoms with Gasteiger partial charge in [-0.1, -0.05) is 6.42 Å². The molecule has 4 nitrogen and oxygen atoms in total. The van der Waals surface area contributed by atoms with Crippen molar-refractivity contribution < 1.29 is 5.11 Å². The molecule has 0 unspecified atom stereocenters. The summed E-state index contributed by atoms with van der Waals surface area (Å²) in [5, 5.41) is 12.6. The molecule has 0 aromatic carbocycles. The van der Waals surface area contributed by atoms with Gasteiger partial charge < -0.3 is 10.4 Å². The topological polar surface area (TPSA) is 58.0 Å². The van der Waals surface area contributed by atoms with Crippen LogP contribution in [0, 0.1) is 0 Å². The van der Waals surface area contributed by atoms with E-state index in [0.29, 0.717) is 0 Å². The Morgan fingerprint density at radius 3 is 2.76 bits per heavy atom. The monoisotopic (exact) mass is 235 g/mol. The fourth-order valence-electron chi connectivity index (χ4n) is 2.17. The molecule has 0 saturated heterocycles. The predicted octanol–water partition coefficient (Wildman–Crippen LogP) is 1.93. The molecule has 1 aromatic heterocycles. The molecule has 2 rings (SSSR count). The second-order valence-electron chi connectivity index (χ2n) is 5.38. The minimum atomic E-state index is -0.339. The Morgan fingerprint density at radius 2 is 2.00 bits per heavy atom. The number of fused-ring (bicyclic) bond motifs is 1. The highest BCUT2D eigenvalue weighted by Gasteiger charge is 2.20. The van der Waals surface area contributed by atoms with Crippen molar-refractivity contribution in [2.45, 2.75) is 51.5 Å². The van der Waals surface area contributed by atoms with Crippen molar-refractivity contribution in [1.82, 2.24) is 9.97 Å². The number of hydrogen-bond donors (Lipinski definition) is 2. The molecule has 1 heterocycles. The summed E-state index contributed by atoms with van der Waals surface area (Å²) in [5.74, 6) is 0.899. The molecule has 0 spiro atoms. The molecule has 1 aromatic rings. The van der Waals surface area contributed by atoms with Crippen molar-refractivity contribution in [3.63, 3.8) is 0 Å². The number of hydrogen-bond acceptors (Lipinski definition) is 4. The van der Waals surface area contributed by atoms with Gasteiger partial charge in [-0.3, -0.25) is 0 Å². The van der Waals surface area contributed by atoms with Crippen molar-refractivity contribution >= 4 is 5.82 Å². The Hall–Kier alpha value is -1.16. The van der Waals surface area contributed by atoms with E-state index in [4.69, 9.17) is 0 Å². The second-order valence-corrected chi connectivity index (χ2v) is 5.38. The van der Waals surface area contributed by atoms with Gasteiger partial charge in [0.05, 0.1) is 12.1 Å². The van der Waals surface area contributed by atoms with Crippen LogP contribution in [0.5, 0.6) is 0 Å². The van der Waals surface area contributed by atoms with Gasteiger partial charge in [-0.05, 0) is 39.5 Å². The van der Waals surface area contributed by atoms with E-state index in [1.165, 1.54) is 30.5 Å². The van der Waals surface area contributed by atoms with Gasteiger partial charge in [-0.15, -0.1) is 0 Å². The van der Waals surface area contributed by atoms with Gasteiger partial charge >= 0.3 is 0 Å². The number of nitrogens with one attached hydrogen (secondary N) is 1. The molecule has 2 N–H and O–H groups in total. The summed E-state index contributed by atoms with van der Waals surface area (Å²) in [5.41, 5.74) is 2.08. The zero-order chi connectivity index (χ0) is 12.3. The lowest BCUT2D eigenvalue weighted by atomic mass is 10.0. The summed E-state index contributed by atoms with van der Waals surface area (Å²) in [7, 11) is 0. The van der Waals surface area contributed by atoms with Crippen LogP contribution in [-0.4, -0.2) is 27.2 Å². The third-order valence-electron chi connectivity index (χ3n) is 3.23. The molecular weight excluding hydrogens is 214 g/mol. The van der Waals surface area contributed by atoms with Gasteiger partial charge in [0.2, 0.25) is 0 Å². The summed E-state index contributed by atoms with van der Waals surface area (Å²) in [6, 6.07) is 0. The van der Waals surface area contributed by atoms with Crippen LogP contribution in [0.4, 0.5) is 5.82 Å². The van der Waals surface area contributed by atoms with E-state index < -0.39 is 0 Å². The quantitative estimate of drug-likeness (QED) is 0.786. The molecule has 17 heavy (non-hydrogen) atoms. The lowest BCUT2D eigenvalue weighted by molar-refractivity contribution is 0.233. The van der Waals surface area contributed by atoms with Gasteiger partial charge in [0.1, 0.15) is 12.1 Å². The van der Waals surface area contributed by atoms with E-state index in [2.05, 4.69) is 15.3 Å². The van der Waals surface area contributed by atoms with Crippen molar-refractivity contribution in [3.8, 4) is 0 Å². The van der Waals surface area contributed by atoms with E-state index in [9.17, 15) is 5.11 Å². The van der Waals surface area contributed by atoms with E-state index >= 15 is 0 Å². The first kappa shape index (κ1) is 12.3. The molecule has 1 aliphatic rings. The smallest absolute Gasteiger partial charge is 0.133 e. The molecule has 0 aliphatic heterocycles. The number of anilines is 1. The number of aryl methyl sites for hydroxylation is 1. The van der Waals surface area contributed by atoms with E-state index in [-0.39, 0.29) is 12.1 Å². The molecular formula is C13H21N3O. The van der Waals surface area contributed by atoms with Crippen LogP contribution >= 0.6 is 0 Å². The number of aliphatic hydroxyl groups excluding tert-OH is 1. The Morgan fingerprint density at radius 1 is 1.24 bits per heavy atom. The summed E-state index contributed by atoms with van der Waals surface area (Å²) >= 11 is 0. The van der Waals surface area contributed by atoms with Crippen LogP contribution in [0.25, 0.3) is 0 Å². The average Bonchev–Trinajstić information content (AvgIpc) is 2.54. The maximum Gasteiger partial charge on any atom is 0.133 e. The normalized spacial score (nSPS) is 16.2. The van der Waals surface area contributed by atoms with Crippen LogP contribution in [0.15, 0.2) is 6.33 Å². The van der Waals surface area contributed by atoms with E-state index in [1.807, 2.05) is 13.8 Å². The highest BCUT2D eigenvalue weighted by atomic mass is 16.3. The largest absolute Gasteiger partial charge is 0.394 e. The molecule has 4 heteroatoms. The van der Waals surface area contributed by atoms with Crippen molar-refractivity contribution in [3.05, 3.63) is 17.6 Å². The molecule has 0 atom stereocenters. The van der Waals surface area contributed by atoms with Crippen LogP contribution < -0.4 is 5.32 Å². The first-order valence-corrected chi connectivity index (χ1v) is 6.34. The molecule has 0 amide bonds. The van der Waals surface area contributed by atoms with Crippen molar-refractivity contribution in [1.29, 1.82) is 0 Å². The lowest BCUT2D eigenvalue weighted by Crippen LogP contribution is -2.36. The summed E-state index contributed by atoms with van der Waals surface area (Å²) in [6.07, 6.45) is 7.40. The molecule has 0 bridgehead atoms. The maximum atomic E-state index is 9.31. The maximum absolute atomic E-state index is 9.31. The van der Waals surface area contributed by atoms with Crippen LogP contribution in [-0.2, 0) is 12.8 Å². The molecule has 1 aliphatic carbocycles. The number of rotatable bonds is 3. The Labute approximate surface area is 102 Å². The van der Waals surface area contributed by atoms with E-state index in [1.54, 1.807) is 6.33 Å². The van der Waals surface area contributed by atoms with E-state index in [0.717, 1.165) is 18.7 Å². The fraction of sp³-hybridized carbons (Fsp3) is 0.692. The van der Waals surface area contributed by atoms with Gasteiger partial charge in [0.25, 0.3) is 0 Å². The first-order valence-electron chi connectivity index (χ1n) is 6.34. The average molecular weight is 235 g/mol. The molecule has 0 saturated carbocycles. The highest BCUT2D eigenvalue weighted by molar-refractivity contribution is 5.48. The zero-order valence-corrected chi connectivity index (χ0v) is 10.7. The van der Waals surface area contributed by atoms with Crippen LogP contribution in [0.3, 0.4) is 0 Å². The third-order valence-corrected chi connectivity index (χ3v) is 3.23. The summed E-state index contributed by atoms with van der Waals surface area (Å²) in [6.45, 7) is 4.03. The first-order chi connectivity index (χ1) is 8.12. The predicted molar refractivity (Wildman–Crippen MR) is 68.1 cm³/mol. The van der Waals surface area contributed by atoms with Crippen LogP contribution in [0.1, 0.15) is 44.4 Å². The van der Waals surface area contributed by atoms with Crippen LogP contribution in [0.2, 0.25) is 0 Å². The molecule has 94 valence electrons. The van der Waals surface area contributed by atoms with Gasteiger partial charge in [0.15, 0.2) is 0 Å². The number of nitrogens with zero attached hydrogens (tertiary/aromatic N) is 2. The van der Waals surface area contributed by atoms with Crippen molar-refractivity contribution in [2.24, 2.45) is 0 Å². The standard InChI is InChI=1S/C13H21N3O/c1-13(2,8-17)16-12-10-6-4-3-5-7-11(10)14-9-15-12/h9,17H,3-8H2,1-2H3,(H,14,15,16). The Kier molecular flexibility index (Phi) is 3.62. The van der Waals surface area contributed by atoms with Gasteiger partial charge in [-0.25, -0.2) is 9.97 Å². The fourth-order valence-corrected chi connectivity index (χ4v) is 2.17. The third kappa shape index (κ3) is 2.94. The number of aromatic nitrogens is 2. The van der Waals surface area contributed by atoms with Crippen molar-refractivity contribution in [2.75, 3.05) is 11.9 Å². The Bertz CT molecular complexity index is 390. The number of aliphatic hydroxyl groups is 1. The van der Waals surface area contributed by atoms with Gasteiger partial charge in [-0.2, -0.15) is 0 Å². The highest BCUT2D eigenvalue weighted by Crippen LogP contribution is 2.25. The lowest BCUT2D eigenvalue weighted by Gasteiger charge is -2.25. The Balaban J connectivity index is 2.28. The molecule has 0 radical (unpaired) electrons. The summed E-state index contributed by atoms with van der Waals surface area (Å²) < 4.78 is 0.